The number of hydrogen-bond acceptors (Lipinski definition) is 4. The molecule has 3 aromatic rings. The highest BCUT2D eigenvalue weighted by Gasteiger charge is 2.44. The van der Waals surface area contributed by atoms with Crippen LogP contribution in [0.5, 0.6) is 0 Å². The van der Waals surface area contributed by atoms with Crippen LogP contribution in [0.3, 0.4) is 0 Å². The number of hydrogen-bond donors (Lipinski definition) is 0. The van der Waals surface area contributed by atoms with Crippen LogP contribution in [0.1, 0.15) is 39.6 Å². The van der Waals surface area contributed by atoms with E-state index in [0.717, 1.165) is 11.0 Å². The zero-order chi connectivity index (χ0) is 22.6. The molecule has 1 aromatic carbocycles. The molecule has 1 atom stereocenters. The van der Waals surface area contributed by atoms with Crippen LogP contribution in [-0.4, -0.2) is 49.4 Å². The number of fused-ring (bicyclic) bond motifs is 1. The number of carbonyl (C=O) groups excluding carboxylic acids is 1. The van der Waals surface area contributed by atoms with Gasteiger partial charge in [-0.15, -0.1) is 0 Å². The van der Waals surface area contributed by atoms with Crippen molar-refractivity contribution in [3.05, 3.63) is 58.9 Å². The minimum absolute atomic E-state index is 0.189. The molecule has 1 aliphatic rings. The first kappa shape index (κ1) is 21.1. The fourth-order valence-corrected chi connectivity index (χ4v) is 3.76. The van der Waals surface area contributed by atoms with Crippen LogP contribution < -0.4 is 0 Å². The smallest absolute Gasteiger partial charge is 0.332 e. The monoisotopic (exact) mass is 443 g/mol. The Bertz CT molecular complexity index is 1160. The fraction of sp³-hybridized carbons (Fsp3) is 0.368. The molecular weight excluding hydrogens is 428 g/mol. The normalized spacial score (nSPS) is 19.1. The zero-order valence-corrected chi connectivity index (χ0v) is 16.0. The van der Waals surface area contributed by atoms with E-state index in [0.29, 0.717) is 23.5 Å². The summed E-state index contributed by atoms with van der Waals surface area (Å²) in [7, 11) is 0. The second kappa shape index (κ2) is 7.20. The average Bonchev–Trinajstić information content (AvgIpc) is 3.13. The van der Waals surface area contributed by atoms with Crippen molar-refractivity contribution < 1.29 is 31.1 Å². The van der Waals surface area contributed by atoms with Crippen molar-refractivity contribution in [3.63, 3.8) is 0 Å². The van der Waals surface area contributed by atoms with E-state index in [1.54, 1.807) is 13.0 Å². The summed E-state index contributed by atoms with van der Waals surface area (Å²) in [6.07, 6.45) is -4.40. The third-order valence-electron chi connectivity index (χ3n) is 5.04. The van der Waals surface area contributed by atoms with Gasteiger partial charge in [0.15, 0.2) is 0 Å². The SMILES string of the molecule is Cc1cc(C2CN(C(=O)c3ccc(F)c(C(F)(F)F)c3)CC(F)(F)C2)n2ncnc2n1. The van der Waals surface area contributed by atoms with Gasteiger partial charge in [0.1, 0.15) is 12.1 Å². The minimum Gasteiger partial charge on any atom is -0.332 e. The zero-order valence-electron chi connectivity index (χ0n) is 16.0. The summed E-state index contributed by atoms with van der Waals surface area (Å²) >= 11 is 0. The van der Waals surface area contributed by atoms with Crippen molar-refractivity contribution in [1.29, 1.82) is 0 Å². The van der Waals surface area contributed by atoms with Crippen LogP contribution in [0.4, 0.5) is 26.3 Å². The van der Waals surface area contributed by atoms with E-state index in [2.05, 4.69) is 15.1 Å². The van der Waals surface area contributed by atoms with E-state index < -0.39 is 53.8 Å². The molecule has 2 aromatic heterocycles. The molecule has 0 bridgehead atoms. The third kappa shape index (κ3) is 4.06. The van der Waals surface area contributed by atoms with E-state index in [4.69, 9.17) is 0 Å². The number of halogens is 6. The number of carbonyl (C=O) groups is 1. The first-order chi connectivity index (χ1) is 14.4. The lowest BCUT2D eigenvalue weighted by Gasteiger charge is -2.37. The molecule has 12 heteroatoms. The number of alkyl halides is 5. The molecule has 1 unspecified atom stereocenters. The van der Waals surface area contributed by atoms with E-state index >= 15 is 0 Å². The Morgan fingerprint density at radius 1 is 1.23 bits per heavy atom. The first-order valence-corrected chi connectivity index (χ1v) is 9.16. The van der Waals surface area contributed by atoms with Gasteiger partial charge in [-0.25, -0.2) is 22.7 Å². The average molecular weight is 443 g/mol. The first-order valence-electron chi connectivity index (χ1n) is 9.16. The van der Waals surface area contributed by atoms with Crippen molar-refractivity contribution in [3.8, 4) is 0 Å². The van der Waals surface area contributed by atoms with E-state index in [1.807, 2.05) is 0 Å². The summed E-state index contributed by atoms with van der Waals surface area (Å²) in [6, 6.07) is 3.24. The van der Waals surface area contributed by atoms with Crippen molar-refractivity contribution in [1.82, 2.24) is 24.5 Å². The molecule has 0 radical (unpaired) electrons. The van der Waals surface area contributed by atoms with E-state index in [1.165, 1.54) is 10.8 Å². The molecule has 0 saturated carbocycles. The maximum Gasteiger partial charge on any atom is 0.419 e. The molecule has 1 amide bonds. The maximum absolute atomic E-state index is 14.5. The van der Waals surface area contributed by atoms with Crippen LogP contribution in [0.2, 0.25) is 0 Å². The van der Waals surface area contributed by atoms with Crippen molar-refractivity contribution in [2.75, 3.05) is 13.1 Å². The Kier molecular flexibility index (Phi) is 4.90. The predicted molar refractivity (Wildman–Crippen MR) is 95.1 cm³/mol. The second-order valence-corrected chi connectivity index (χ2v) is 7.43. The second-order valence-electron chi connectivity index (χ2n) is 7.43. The van der Waals surface area contributed by atoms with E-state index in [-0.39, 0.29) is 12.3 Å². The summed E-state index contributed by atoms with van der Waals surface area (Å²) in [5.74, 6) is -6.56. The fourth-order valence-electron chi connectivity index (χ4n) is 3.76. The predicted octanol–water partition coefficient (Wildman–Crippen LogP) is 3.86. The Balaban J connectivity index is 1.69. The van der Waals surface area contributed by atoms with E-state index in [9.17, 15) is 31.1 Å². The third-order valence-corrected chi connectivity index (χ3v) is 5.04. The molecular formula is C19H15F6N5O. The van der Waals surface area contributed by atoms with Crippen molar-refractivity contribution >= 4 is 11.7 Å². The van der Waals surface area contributed by atoms with Gasteiger partial charge in [-0.3, -0.25) is 4.79 Å². The number of likely N-dealkylation sites (tertiary alicyclic amines) is 1. The molecule has 6 nitrogen and oxygen atoms in total. The molecule has 3 heterocycles. The molecule has 164 valence electrons. The number of nitrogens with zero attached hydrogens (tertiary/aromatic N) is 5. The summed E-state index contributed by atoms with van der Waals surface area (Å²) < 4.78 is 82.9. The number of aryl methyl sites for hydroxylation is 1. The summed E-state index contributed by atoms with van der Waals surface area (Å²) in [5.41, 5.74) is -1.29. The maximum atomic E-state index is 14.5. The summed E-state index contributed by atoms with van der Waals surface area (Å²) in [5, 5.41) is 3.99. The molecule has 1 saturated heterocycles. The lowest BCUT2D eigenvalue weighted by atomic mass is 9.91. The molecule has 4 rings (SSSR count). The highest BCUT2D eigenvalue weighted by Crippen LogP contribution is 2.37. The van der Waals surface area contributed by atoms with Crippen LogP contribution in [0.25, 0.3) is 5.78 Å². The Morgan fingerprint density at radius 2 is 1.97 bits per heavy atom. The van der Waals surface area contributed by atoms with Gasteiger partial charge < -0.3 is 4.90 Å². The molecule has 0 spiro atoms. The number of piperidine rings is 1. The molecule has 0 N–H and O–H groups in total. The Hall–Kier alpha value is -3.18. The number of aromatic nitrogens is 4. The van der Waals surface area contributed by atoms with Crippen LogP contribution in [0.15, 0.2) is 30.6 Å². The van der Waals surface area contributed by atoms with Gasteiger partial charge in [-0.1, -0.05) is 0 Å². The summed E-state index contributed by atoms with van der Waals surface area (Å²) in [4.78, 5) is 21.7. The number of rotatable bonds is 2. The van der Waals surface area contributed by atoms with Gasteiger partial charge in [0.25, 0.3) is 17.6 Å². The lowest BCUT2D eigenvalue weighted by Crippen LogP contribution is -2.49. The minimum atomic E-state index is -5.03. The molecule has 1 aliphatic heterocycles. The van der Waals surface area contributed by atoms with Gasteiger partial charge in [0.05, 0.1) is 17.8 Å². The van der Waals surface area contributed by atoms with Crippen molar-refractivity contribution in [2.24, 2.45) is 0 Å². The standard InChI is InChI=1S/C19H15F6N5O/c1-10-4-15(30-17(28-10)26-9-27-30)12-6-18(21,22)8-29(7-12)16(31)11-2-3-14(20)13(5-11)19(23,24)25/h2-5,9,12H,6-8H2,1H3. The Labute approximate surface area is 171 Å². The topological polar surface area (TPSA) is 63.4 Å². The van der Waals surface area contributed by atoms with Crippen LogP contribution >= 0.6 is 0 Å². The highest BCUT2D eigenvalue weighted by molar-refractivity contribution is 5.94. The number of amides is 1. The van der Waals surface area contributed by atoms with Crippen LogP contribution in [0, 0.1) is 12.7 Å². The molecule has 31 heavy (non-hydrogen) atoms. The molecule has 0 aliphatic carbocycles. The van der Waals surface area contributed by atoms with Gasteiger partial charge >= 0.3 is 6.18 Å². The summed E-state index contributed by atoms with van der Waals surface area (Å²) in [6.45, 7) is 0.496. The number of benzene rings is 1. The highest BCUT2D eigenvalue weighted by atomic mass is 19.4. The Morgan fingerprint density at radius 3 is 2.68 bits per heavy atom. The largest absolute Gasteiger partial charge is 0.419 e. The van der Waals surface area contributed by atoms with Gasteiger partial charge in [-0.2, -0.15) is 23.3 Å². The van der Waals surface area contributed by atoms with Gasteiger partial charge in [0.2, 0.25) is 0 Å². The lowest BCUT2D eigenvalue weighted by molar-refractivity contribution is -0.140. The quantitative estimate of drug-likeness (QED) is 0.565. The molecule has 1 fully saturated rings. The van der Waals surface area contributed by atoms with Gasteiger partial charge in [-0.05, 0) is 31.2 Å². The van der Waals surface area contributed by atoms with Gasteiger partial charge in [0, 0.05) is 30.1 Å². The van der Waals surface area contributed by atoms with Crippen LogP contribution in [-0.2, 0) is 6.18 Å². The van der Waals surface area contributed by atoms with Crippen molar-refractivity contribution in [2.45, 2.75) is 31.4 Å².